The van der Waals surface area contributed by atoms with Crippen molar-refractivity contribution >= 4 is 0 Å². The van der Waals surface area contributed by atoms with Gasteiger partial charge in [-0.2, -0.15) is 0 Å². The Morgan fingerprint density at radius 2 is 2.06 bits per heavy atom. The lowest BCUT2D eigenvalue weighted by atomic mass is 9.81. The Hall–Kier alpha value is -0.890. The van der Waals surface area contributed by atoms with Crippen LogP contribution in [0.5, 0.6) is 0 Å². The molecule has 1 N–H and O–H groups in total. The third-order valence-electron chi connectivity index (χ3n) is 4.15. The van der Waals surface area contributed by atoms with E-state index in [1.54, 1.807) is 0 Å². The maximum absolute atomic E-state index is 4.68. The summed E-state index contributed by atoms with van der Waals surface area (Å²) in [4.78, 5) is 4.68. The van der Waals surface area contributed by atoms with Gasteiger partial charge >= 0.3 is 0 Å². The van der Waals surface area contributed by atoms with E-state index >= 15 is 0 Å². The largest absolute Gasteiger partial charge is 0.309 e. The topological polar surface area (TPSA) is 24.9 Å². The van der Waals surface area contributed by atoms with E-state index in [-0.39, 0.29) is 0 Å². The second-order valence-electron chi connectivity index (χ2n) is 5.33. The van der Waals surface area contributed by atoms with Gasteiger partial charge in [-0.25, -0.2) is 0 Å². The van der Waals surface area contributed by atoms with Gasteiger partial charge in [-0.3, -0.25) is 4.98 Å². The molecule has 2 nitrogen and oxygen atoms in total. The van der Waals surface area contributed by atoms with Crippen molar-refractivity contribution in [3.8, 4) is 0 Å². The molecular formula is C16H26N2. The first-order valence-corrected chi connectivity index (χ1v) is 7.54. The second-order valence-corrected chi connectivity index (χ2v) is 5.33. The van der Waals surface area contributed by atoms with Gasteiger partial charge in [-0.15, -0.1) is 0 Å². The van der Waals surface area contributed by atoms with Crippen molar-refractivity contribution < 1.29 is 0 Å². The fourth-order valence-electron chi connectivity index (χ4n) is 3.20. The fourth-order valence-corrected chi connectivity index (χ4v) is 3.20. The van der Waals surface area contributed by atoms with Gasteiger partial charge in [-0.1, -0.05) is 39.2 Å². The van der Waals surface area contributed by atoms with E-state index in [1.165, 1.54) is 43.4 Å². The van der Waals surface area contributed by atoms with Crippen LogP contribution in [0.3, 0.4) is 0 Å². The van der Waals surface area contributed by atoms with Gasteiger partial charge in [-0.05, 0) is 43.4 Å². The van der Waals surface area contributed by atoms with Crippen LogP contribution in [-0.4, -0.2) is 11.5 Å². The van der Waals surface area contributed by atoms with Crippen LogP contribution in [0, 0.1) is 5.92 Å². The smallest absolute Gasteiger partial charge is 0.0607 e. The average Bonchev–Trinajstić information content (AvgIpc) is 2.46. The molecule has 1 fully saturated rings. The summed E-state index contributed by atoms with van der Waals surface area (Å²) in [5, 5.41) is 3.68. The summed E-state index contributed by atoms with van der Waals surface area (Å²) in [5.74, 6) is 0.777. The van der Waals surface area contributed by atoms with E-state index in [0.717, 1.165) is 18.9 Å². The Labute approximate surface area is 111 Å². The van der Waals surface area contributed by atoms with E-state index in [4.69, 9.17) is 0 Å². The molecule has 1 aliphatic rings. The highest BCUT2D eigenvalue weighted by Crippen LogP contribution is 2.34. The van der Waals surface area contributed by atoms with Crippen molar-refractivity contribution in [2.75, 3.05) is 6.54 Å². The molecule has 1 unspecified atom stereocenters. The second kappa shape index (κ2) is 6.89. The van der Waals surface area contributed by atoms with E-state index in [2.05, 4.69) is 36.3 Å². The number of hydrogen-bond acceptors (Lipinski definition) is 2. The summed E-state index contributed by atoms with van der Waals surface area (Å²) >= 11 is 0. The van der Waals surface area contributed by atoms with Crippen LogP contribution in [0.1, 0.15) is 63.3 Å². The first kappa shape index (κ1) is 13.5. The molecule has 0 spiro atoms. The molecule has 1 atom stereocenters. The van der Waals surface area contributed by atoms with Crippen molar-refractivity contribution in [3.63, 3.8) is 0 Å². The maximum atomic E-state index is 4.68. The Bertz CT molecular complexity index is 356. The number of aromatic nitrogens is 1. The zero-order chi connectivity index (χ0) is 12.8. The maximum Gasteiger partial charge on any atom is 0.0607 e. The summed E-state index contributed by atoms with van der Waals surface area (Å²) in [6.45, 7) is 5.45. The molecule has 0 saturated heterocycles. The Morgan fingerprint density at radius 1 is 1.28 bits per heavy atom. The highest BCUT2D eigenvalue weighted by Gasteiger charge is 2.26. The monoisotopic (exact) mass is 246 g/mol. The third kappa shape index (κ3) is 3.11. The van der Waals surface area contributed by atoms with Crippen LogP contribution in [0.15, 0.2) is 18.3 Å². The molecule has 1 aliphatic carbocycles. The quantitative estimate of drug-likeness (QED) is 0.853. The molecule has 18 heavy (non-hydrogen) atoms. The molecule has 1 aromatic heterocycles. The summed E-state index contributed by atoms with van der Waals surface area (Å²) < 4.78 is 0. The SMILES string of the molecule is CCNC(c1ncccc1CC)C1CCCCC1. The molecule has 2 rings (SSSR count). The lowest BCUT2D eigenvalue weighted by Crippen LogP contribution is -2.31. The van der Waals surface area contributed by atoms with Gasteiger partial charge < -0.3 is 5.32 Å². The van der Waals surface area contributed by atoms with Gasteiger partial charge in [0, 0.05) is 6.20 Å². The zero-order valence-corrected chi connectivity index (χ0v) is 11.8. The number of nitrogens with one attached hydrogen (secondary N) is 1. The molecule has 1 heterocycles. The van der Waals surface area contributed by atoms with Crippen LogP contribution in [-0.2, 0) is 6.42 Å². The molecule has 2 heteroatoms. The molecule has 0 aliphatic heterocycles. The van der Waals surface area contributed by atoms with Gasteiger partial charge in [0.25, 0.3) is 0 Å². The molecule has 0 radical (unpaired) electrons. The number of nitrogens with zero attached hydrogens (tertiary/aromatic N) is 1. The highest BCUT2D eigenvalue weighted by molar-refractivity contribution is 5.23. The lowest BCUT2D eigenvalue weighted by Gasteiger charge is -2.31. The Morgan fingerprint density at radius 3 is 2.72 bits per heavy atom. The van der Waals surface area contributed by atoms with Gasteiger partial charge in [0.1, 0.15) is 0 Å². The molecule has 0 amide bonds. The van der Waals surface area contributed by atoms with Gasteiger partial charge in [0.05, 0.1) is 11.7 Å². The zero-order valence-electron chi connectivity index (χ0n) is 11.8. The number of pyridine rings is 1. The third-order valence-corrected chi connectivity index (χ3v) is 4.15. The van der Waals surface area contributed by atoms with Crippen LogP contribution < -0.4 is 5.32 Å². The molecule has 100 valence electrons. The minimum absolute atomic E-state index is 0.464. The molecule has 0 aromatic carbocycles. The Kier molecular flexibility index (Phi) is 5.18. The van der Waals surface area contributed by atoms with E-state index < -0.39 is 0 Å². The number of aryl methyl sites for hydroxylation is 1. The van der Waals surface area contributed by atoms with Crippen molar-refractivity contribution in [3.05, 3.63) is 29.6 Å². The van der Waals surface area contributed by atoms with Crippen LogP contribution in [0.2, 0.25) is 0 Å². The summed E-state index contributed by atoms with van der Waals surface area (Å²) in [7, 11) is 0. The first-order chi connectivity index (χ1) is 8.86. The molecule has 1 saturated carbocycles. The van der Waals surface area contributed by atoms with Crippen LogP contribution >= 0.6 is 0 Å². The predicted molar refractivity (Wildman–Crippen MR) is 76.6 cm³/mol. The van der Waals surface area contributed by atoms with E-state index in [1.807, 2.05) is 6.20 Å². The van der Waals surface area contributed by atoms with E-state index in [0.29, 0.717) is 6.04 Å². The average molecular weight is 246 g/mol. The van der Waals surface area contributed by atoms with Gasteiger partial charge in [0.2, 0.25) is 0 Å². The molecule has 0 bridgehead atoms. The van der Waals surface area contributed by atoms with E-state index in [9.17, 15) is 0 Å². The van der Waals surface area contributed by atoms with Crippen molar-refractivity contribution in [1.29, 1.82) is 0 Å². The Balaban J connectivity index is 2.22. The summed E-state index contributed by atoms with van der Waals surface area (Å²) in [5.41, 5.74) is 2.71. The minimum Gasteiger partial charge on any atom is -0.309 e. The number of hydrogen-bond donors (Lipinski definition) is 1. The predicted octanol–water partition coefficient (Wildman–Crippen LogP) is 3.87. The van der Waals surface area contributed by atoms with Crippen LogP contribution in [0.4, 0.5) is 0 Å². The van der Waals surface area contributed by atoms with Crippen molar-refractivity contribution in [2.45, 2.75) is 58.4 Å². The summed E-state index contributed by atoms with van der Waals surface area (Å²) in [6.07, 6.45) is 9.94. The van der Waals surface area contributed by atoms with Crippen molar-refractivity contribution in [1.82, 2.24) is 10.3 Å². The van der Waals surface area contributed by atoms with Gasteiger partial charge in [0.15, 0.2) is 0 Å². The minimum atomic E-state index is 0.464. The van der Waals surface area contributed by atoms with Crippen LogP contribution in [0.25, 0.3) is 0 Å². The molecular weight excluding hydrogens is 220 g/mol. The van der Waals surface area contributed by atoms with Crippen molar-refractivity contribution in [2.24, 2.45) is 5.92 Å². The normalized spacial score (nSPS) is 18.8. The fraction of sp³-hybridized carbons (Fsp3) is 0.688. The first-order valence-electron chi connectivity index (χ1n) is 7.54. The number of rotatable bonds is 5. The lowest BCUT2D eigenvalue weighted by molar-refractivity contribution is 0.269. The standard InChI is InChI=1S/C16H26N2/c1-3-13-11-8-12-18-15(13)16(17-4-2)14-9-6-5-7-10-14/h8,11-12,14,16-17H,3-7,9-10H2,1-2H3. The highest BCUT2D eigenvalue weighted by atomic mass is 14.9. The summed E-state index contributed by atoms with van der Waals surface area (Å²) in [6, 6.07) is 4.76. The molecule has 1 aromatic rings.